The molecule has 1 aromatic rings. The van der Waals surface area contributed by atoms with Gasteiger partial charge in [-0.2, -0.15) is 4.31 Å². The van der Waals surface area contributed by atoms with E-state index in [0.29, 0.717) is 31.4 Å². The molecule has 2 aliphatic rings. The first-order valence-electron chi connectivity index (χ1n) is 8.07. The number of methoxy groups -OCH3 is 1. The van der Waals surface area contributed by atoms with Crippen molar-refractivity contribution in [1.82, 2.24) is 9.21 Å². The summed E-state index contributed by atoms with van der Waals surface area (Å²) < 4.78 is 32.4. The molecule has 0 saturated carbocycles. The smallest absolute Gasteiger partial charge is 0.246 e. The van der Waals surface area contributed by atoms with Crippen LogP contribution in [0.25, 0.3) is 0 Å². The summed E-state index contributed by atoms with van der Waals surface area (Å²) in [6.07, 6.45) is 2.20. The van der Waals surface area contributed by atoms with Gasteiger partial charge in [0.05, 0.1) is 13.2 Å². The standard InChI is InChI=1S/C16H24N2O4S/c1-22-15-4-2-3-5-16(15)23(20,21)18-10-6-13(7-11-18)17-9-8-14(19)12-17/h2-5,13-14,19H,6-12H2,1H3. The second kappa shape index (κ2) is 6.76. The first-order chi connectivity index (χ1) is 11.0. The summed E-state index contributed by atoms with van der Waals surface area (Å²) in [6.45, 7) is 2.64. The number of nitrogens with zero attached hydrogens (tertiary/aromatic N) is 2. The van der Waals surface area contributed by atoms with Crippen LogP contribution in [0.5, 0.6) is 5.75 Å². The molecule has 0 amide bonds. The van der Waals surface area contributed by atoms with Crippen LogP contribution in [-0.4, -0.2) is 68.2 Å². The molecule has 2 heterocycles. The van der Waals surface area contributed by atoms with Crippen LogP contribution in [0, 0.1) is 0 Å². The van der Waals surface area contributed by atoms with Gasteiger partial charge in [0.1, 0.15) is 10.6 Å². The van der Waals surface area contributed by atoms with Crippen molar-refractivity contribution < 1.29 is 18.3 Å². The van der Waals surface area contributed by atoms with Gasteiger partial charge in [-0.25, -0.2) is 8.42 Å². The number of para-hydroxylation sites is 1. The highest BCUT2D eigenvalue weighted by Crippen LogP contribution is 2.29. The Morgan fingerprint density at radius 3 is 2.43 bits per heavy atom. The van der Waals surface area contributed by atoms with Gasteiger partial charge in [-0.15, -0.1) is 0 Å². The third-order valence-corrected chi connectivity index (χ3v) is 6.76. The van der Waals surface area contributed by atoms with E-state index < -0.39 is 10.0 Å². The lowest BCUT2D eigenvalue weighted by molar-refractivity contribution is 0.132. The lowest BCUT2D eigenvalue weighted by Crippen LogP contribution is -2.46. The predicted octanol–water partition coefficient (Wildman–Crippen LogP) is 0.915. The highest BCUT2D eigenvalue weighted by atomic mass is 32.2. The lowest BCUT2D eigenvalue weighted by atomic mass is 10.1. The van der Waals surface area contributed by atoms with Crippen molar-refractivity contribution >= 4 is 10.0 Å². The van der Waals surface area contributed by atoms with Gasteiger partial charge >= 0.3 is 0 Å². The fourth-order valence-corrected chi connectivity index (χ4v) is 5.14. The molecule has 2 aliphatic heterocycles. The Kier molecular flexibility index (Phi) is 4.91. The van der Waals surface area contributed by atoms with Gasteiger partial charge in [0.15, 0.2) is 0 Å². The zero-order valence-electron chi connectivity index (χ0n) is 13.4. The van der Waals surface area contributed by atoms with Crippen LogP contribution >= 0.6 is 0 Å². The van der Waals surface area contributed by atoms with E-state index in [1.165, 1.54) is 7.11 Å². The molecule has 1 aromatic carbocycles. The fraction of sp³-hybridized carbons (Fsp3) is 0.625. The monoisotopic (exact) mass is 340 g/mol. The molecule has 0 spiro atoms. The number of likely N-dealkylation sites (tertiary alicyclic amines) is 1. The molecule has 0 aromatic heterocycles. The van der Waals surface area contributed by atoms with E-state index in [1.807, 2.05) is 0 Å². The molecule has 23 heavy (non-hydrogen) atoms. The first kappa shape index (κ1) is 16.7. The third-order valence-electron chi connectivity index (χ3n) is 4.82. The molecule has 0 radical (unpaired) electrons. The van der Waals surface area contributed by atoms with Crippen molar-refractivity contribution in [3.05, 3.63) is 24.3 Å². The minimum atomic E-state index is -3.52. The molecule has 128 valence electrons. The summed E-state index contributed by atoms with van der Waals surface area (Å²) >= 11 is 0. The van der Waals surface area contributed by atoms with Crippen LogP contribution in [0.15, 0.2) is 29.2 Å². The quantitative estimate of drug-likeness (QED) is 0.882. The molecule has 2 saturated heterocycles. The minimum absolute atomic E-state index is 0.231. The number of hydrogen-bond acceptors (Lipinski definition) is 5. The number of rotatable bonds is 4. The van der Waals surface area contributed by atoms with Crippen molar-refractivity contribution in [2.24, 2.45) is 0 Å². The Morgan fingerprint density at radius 1 is 1.13 bits per heavy atom. The molecular weight excluding hydrogens is 316 g/mol. The van der Waals surface area contributed by atoms with Gasteiger partial charge in [0.2, 0.25) is 10.0 Å². The molecule has 1 N–H and O–H groups in total. The number of ether oxygens (including phenoxy) is 1. The van der Waals surface area contributed by atoms with E-state index in [1.54, 1.807) is 28.6 Å². The van der Waals surface area contributed by atoms with Crippen LogP contribution in [0.1, 0.15) is 19.3 Å². The van der Waals surface area contributed by atoms with Crippen molar-refractivity contribution in [1.29, 1.82) is 0 Å². The second-order valence-electron chi connectivity index (χ2n) is 6.22. The number of aliphatic hydroxyl groups excluding tert-OH is 1. The maximum absolute atomic E-state index is 12.8. The first-order valence-corrected chi connectivity index (χ1v) is 9.51. The summed E-state index contributed by atoms with van der Waals surface area (Å²) in [5.41, 5.74) is 0. The average molecular weight is 340 g/mol. The van der Waals surface area contributed by atoms with E-state index in [9.17, 15) is 13.5 Å². The molecule has 6 nitrogen and oxygen atoms in total. The van der Waals surface area contributed by atoms with E-state index in [2.05, 4.69) is 4.90 Å². The molecule has 0 bridgehead atoms. The summed E-state index contributed by atoms with van der Waals surface area (Å²) in [5, 5.41) is 9.66. The summed E-state index contributed by atoms with van der Waals surface area (Å²) in [4.78, 5) is 2.52. The normalized spacial score (nSPS) is 24.9. The summed E-state index contributed by atoms with van der Waals surface area (Å²) in [5.74, 6) is 0.386. The van der Waals surface area contributed by atoms with Gasteiger partial charge < -0.3 is 9.84 Å². The molecule has 7 heteroatoms. The van der Waals surface area contributed by atoms with Crippen molar-refractivity contribution in [3.63, 3.8) is 0 Å². The number of hydrogen-bond donors (Lipinski definition) is 1. The van der Waals surface area contributed by atoms with Gasteiger partial charge in [0, 0.05) is 32.2 Å². The number of piperidine rings is 1. The molecule has 3 rings (SSSR count). The molecule has 1 atom stereocenters. The zero-order chi connectivity index (χ0) is 16.4. The molecule has 0 aliphatic carbocycles. The Labute approximate surface area is 137 Å². The Bertz CT molecular complexity index is 641. The Balaban J connectivity index is 1.69. The zero-order valence-corrected chi connectivity index (χ0v) is 14.2. The van der Waals surface area contributed by atoms with E-state index in [0.717, 1.165) is 25.8 Å². The third kappa shape index (κ3) is 3.38. The molecule has 2 fully saturated rings. The van der Waals surface area contributed by atoms with Crippen LogP contribution in [0.2, 0.25) is 0 Å². The molecular formula is C16H24N2O4S. The Hall–Kier alpha value is -1.15. The number of sulfonamides is 1. The molecule has 1 unspecified atom stereocenters. The van der Waals surface area contributed by atoms with Crippen LogP contribution in [0.4, 0.5) is 0 Å². The maximum Gasteiger partial charge on any atom is 0.246 e. The van der Waals surface area contributed by atoms with Crippen molar-refractivity contribution in [2.75, 3.05) is 33.3 Å². The van der Waals surface area contributed by atoms with Crippen LogP contribution in [-0.2, 0) is 10.0 Å². The summed E-state index contributed by atoms with van der Waals surface area (Å²) in [6, 6.07) is 7.12. The predicted molar refractivity (Wildman–Crippen MR) is 87.0 cm³/mol. The van der Waals surface area contributed by atoms with Crippen molar-refractivity contribution in [2.45, 2.75) is 36.3 Å². The highest BCUT2D eigenvalue weighted by Gasteiger charge is 2.34. The topological polar surface area (TPSA) is 70.1 Å². The SMILES string of the molecule is COc1ccccc1S(=O)(=O)N1CCC(N2CCC(O)C2)CC1. The number of benzene rings is 1. The van der Waals surface area contributed by atoms with E-state index in [4.69, 9.17) is 4.74 Å². The maximum atomic E-state index is 12.8. The van der Waals surface area contributed by atoms with Gasteiger partial charge in [-0.1, -0.05) is 12.1 Å². The number of aliphatic hydroxyl groups is 1. The van der Waals surface area contributed by atoms with Crippen LogP contribution in [0.3, 0.4) is 0 Å². The van der Waals surface area contributed by atoms with E-state index >= 15 is 0 Å². The van der Waals surface area contributed by atoms with Gasteiger partial charge in [0.25, 0.3) is 0 Å². The van der Waals surface area contributed by atoms with Gasteiger partial charge in [-0.3, -0.25) is 4.90 Å². The highest BCUT2D eigenvalue weighted by molar-refractivity contribution is 7.89. The van der Waals surface area contributed by atoms with Gasteiger partial charge in [-0.05, 0) is 31.4 Å². The minimum Gasteiger partial charge on any atom is -0.495 e. The largest absolute Gasteiger partial charge is 0.495 e. The summed E-state index contributed by atoms with van der Waals surface area (Å²) in [7, 11) is -2.04. The van der Waals surface area contributed by atoms with Crippen molar-refractivity contribution in [3.8, 4) is 5.75 Å². The second-order valence-corrected chi connectivity index (χ2v) is 8.13. The Morgan fingerprint density at radius 2 is 1.83 bits per heavy atom. The van der Waals surface area contributed by atoms with E-state index in [-0.39, 0.29) is 11.0 Å². The fourth-order valence-electron chi connectivity index (χ4n) is 3.52. The lowest BCUT2D eigenvalue weighted by Gasteiger charge is -2.36. The average Bonchev–Trinajstić information content (AvgIpc) is 3.01. The van der Waals surface area contributed by atoms with Crippen LogP contribution < -0.4 is 4.74 Å². The number of β-amino-alcohol motifs (C(OH)–C–C–N with tert-alkyl or cyclic N) is 1.